The van der Waals surface area contributed by atoms with E-state index in [0.717, 1.165) is 24.3 Å². The maximum Gasteiger partial charge on any atom is 0.246 e. The van der Waals surface area contributed by atoms with Crippen molar-refractivity contribution < 1.29 is 14.3 Å². The molecule has 0 spiro atoms. The average molecular weight is 371 g/mol. The molecule has 2 amide bonds. The van der Waals surface area contributed by atoms with Crippen molar-refractivity contribution in [1.29, 1.82) is 0 Å². The number of carbonyl (C=O) groups excluding carboxylic acids is 2. The van der Waals surface area contributed by atoms with Crippen LogP contribution in [0.5, 0.6) is 5.75 Å². The molecule has 1 aromatic rings. The molecule has 4 rings (SSSR count). The van der Waals surface area contributed by atoms with E-state index in [0.29, 0.717) is 44.3 Å². The van der Waals surface area contributed by atoms with Gasteiger partial charge in [0, 0.05) is 37.3 Å². The second-order valence-electron chi connectivity index (χ2n) is 8.22. The van der Waals surface area contributed by atoms with Gasteiger partial charge >= 0.3 is 0 Å². The van der Waals surface area contributed by atoms with E-state index in [1.54, 1.807) is 7.11 Å². The smallest absolute Gasteiger partial charge is 0.246 e. The molecule has 0 atom stereocenters. The molecule has 0 aromatic heterocycles. The minimum Gasteiger partial charge on any atom is -0.497 e. The third-order valence-electron chi connectivity index (χ3n) is 5.93. The van der Waals surface area contributed by atoms with E-state index >= 15 is 0 Å². The number of nitrogens with zero attached hydrogens (tertiary/aromatic N) is 1. The highest BCUT2D eigenvalue weighted by atomic mass is 16.5. The second-order valence-corrected chi connectivity index (χ2v) is 8.22. The van der Waals surface area contributed by atoms with Gasteiger partial charge in [-0.15, -0.1) is 0 Å². The highest BCUT2D eigenvalue weighted by molar-refractivity contribution is 5.90. The summed E-state index contributed by atoms with van der Waals surface area (Å²) in [5.74, 6) is 1.66. The molecule has 146 valence electrons. The molecule has 1 aliphatic heterocycles. The maximum absolute atomic E-state index is 13.1. The Bertz CT molecular complexity index is 704. The molecule has 2 saturated carbocycles. The molecule has 0 radical (unpaired) electrons. The number of methoxy groups -OCH3 is 1. The van der Waals surface area contributed by atoms with Crippen LogP contribution in [-0.4, -0.2) is 48.5 Å². The first-order valence-corrected chi connectivity index (χ1v) is 10.1. The van der Waals surface area contributed by atoms with Gasteiger partial charge in [-0.3, -0.25) is 9.59 Å². The van der Waals surface area contributed by atoms with Crippen LogP contribution in [0.2, 0.25) is 0 Å². The summed E-state index contributed by atoms with van der Waals surface area (Å²) in [6.45, 7) is 1.25. The summed E-state index contributed by atoms with van der Waals surface area (Å²) >= 11 is 0. The van der Waals surface area contributed by atoms with Crippen molar-refractivity contribution in [2.75, 3.05) is 25.5 Å². The number of rotatable bonds is 7. The van der Waals surface area contributed by atoms with Gasteiger partial charge in [-0.05, 0) is 56.6 Å². The second kappa shape index (κ2) is 7.41. The molecule has 1 aromatic carbocycles. The van der Waals surface area contributed by atoms with Crippen LogP contribution in [0.25, 0.3) is 0 Å². The Morgan fingerprint density at radius 3 is 2.56 bits per heavy atom. The van der Waals surface area contributed by atoms with Crippen LogP contribution in [0.3, 0.4) is 0 Å². The summed E-state index contributed by atoms with van der Waals surface area (Å²) in [6, 6.07) is 8.00. The van der Waals surface area contributed by atoms with Gasteiger partial charge in [-0.1, -0.05) is 6.07 Å². The molecule has 3 fully saturated rings. The first kappa shape index (κ1) is 18.1. The number of nitrogens with one attached hydrogen (secondary N) is 2. The predicted octanol–water partition coefficient (Wildman–Crippen LogP) is 2.55. The molecular weight excluding hydrogens is 342 g/mol. The van der Waals surface area contributed by atoms with Gasteiger partial charge in [0.2, 0.25) is 11.8 Å². The molecule has 27 heavy (non-hydrogen) atoms. The largest absolute Gasteiger partial charge is 0.497 e. The molecule has 0 bridgehead atoms. The predicted molar refractivity (Wildman–Crippen MR) is 104 cm³/mol. The van der Waals surface area contributed by atoms with Crippen LogP contribution < -0.4 is 15.4 Å². The molecule has 2 aliphatic carbocycles. The number of likely N-dealkylation sites (tertiary alicyclic amines) is 1. The Hall–Kier alpha value is -2.24. The van der Waals surface area contributed by atoms with Crippen LogP contribution in [-0.2, 0) is 9.59 Å². The monoisotopic (exact) mass is 371 g/mol. The zero-order valence-corrected chi connectivity index (χ0v) is 16.0. The molecule has 1 saturated heterocycles. The minimum absolute atomic E-state index is 0.0575. The average Bonchev–Trinajstić information content (AvgIpc) is 3.59. The number of benzene rings is 1. The van der Waals surface area contributed by atoms with Gasteiger partial charge in [0.1, 0.15) is 11.3 Å². The van der Waals surface area contributed by atoms with E-state index < -0.39 is 5.54 Å². The molecule has 2 N–H and O–H groups in total. The van der Waals surface area contributed by atoms with Gasteiger partial charge in [0.15, 0.2) is 0 Å². The van der Waals surface area contributed by atoms with Crippen molar-refractivity contribution in [3.8, 4) is 5.75 Å². The Kier molecular flexibility index (Phi) is 4.98. The lowest BCUT2D eigenvalue weighted by atomic mass is 9.85. The fourth-order valence-electron chi connectivity index (χ4n) is 3.77. The first-order chi connectivity index (χ1) is 13.1. The summed E-state index contributed by atoms with van der Waals surface area (Å²) in [5, 5.41) is 6.65. The zero-order chi connectivity index (χ0) is 18.9. The van der Waals surface area contributed by atoms with Gasteiger partial charge in [-0.25, -0.2) is 0 Å². The fraction of sp³-hybridized carbons (Fsp3) is 0.619. The van der Waals surface area contributed by atoms with Crippen LogP contribution in [0.1, 0.15) is 44.9 Å². The van der Waals surface area contributed by atoms with Crippen molar-refractivity contribution in [1.82, 2.24) is 10.2 Å². The van der Waals surface area contributed by atoms with Crippen LogP contribution >= 0.6 is 0 Å². The first-order valence-electron chi connectivity index (χ1n) is 10.1. The van der Waals surface area contributed by atoms with E-state index in [1.165, 1.54) is 12.8 Å². The minimum atomic E-state index is -0.675. The van der Waals surface area contributed by atoms with Crippen molar-refractivity contribution in [2.45, 2.75) is 56.5 Å². The third-order valence-corrected chi connectivity index (χ3v) is 5.93. The molecule has 0 unspecified atom stereocenters. The SMILES string of the molecule is COc1cccc(NC2(C(=O)NC3CC3)CCN(C(=O)CC3CC3)CC2)c1. The van der Waals surface area contributed by atoms with Crippen LogP contribution in [0, 0.1) is 5.92 Å². The Morgan fingerprint density at radius 2 is 1.93 bits per heavy atom. The van der Waals surface area contributed by atoms with Crippen LogP contribution in [0.4, 0.5) is 5.69 Å². The zero-order valence-electron chi connectivity index (χ0n) is 16.0. The number of hydrogen-bond acceptors (Lipinski definition) is 4. The Morgan fingerprint density at radius 1 is 1.19 bits per heavy atom. The molecule has 3 aliphatic rings. The number of anilines is 1. The number of carbonyl (C=O) groups is 2. The molecule has 1 heterocycles. The maximum atomic E-state index is 13.1. The van der Waals surface area contributed by atoms with Gasteiger partial charge in [0.05, 0.1) is 7.11 Å². The summed E-state index contributed by atoms with van der Waals surface area (Å²) in [6.07, 6.45) is 6.41. The molecular formula is C21H29N3O3. The van der Waals surface area contributed by atoms with Crippen LogP contribution in [0.15, 0.2) is 24.3 Å². The van der Waals surface area contributed by atoms with Crippen molar-refractivity contribution >= 4 is 17.5 Å². The number of amides is 2. The topological polar surface area (TPSA) is 70.7 Å². The number of piperidine rings is 1. The summed E-state index contributed by atoms with van der Waals surface area (Å²) in [5.41, 5.74) is 0.198. The lowest BCUT2D eigenvalue weighted by Crippen LogP contribution is -2.59. The highest BCUT2D eigenvalue weighted by Crippen LogP contribution is 2.35. The standard InChI is InChI=1S/C21H29N3O3/c1-27-18-4-2-3-17(14-18)23-21(20(26)22-16-7-8-16)9-11-24(12-10-21)19(25)13-15-5-6-15/h2-4,14-16,23H,5-13H2,1H3,(H,22,26). The number of ether oxygens (including phenoxy) is 1. The fourth-order valence-corrected chi connectivity index (χ4v) is 3.77. The van der Waals surface area contributed by atoms with E-state index in [9.17, 15) is 9.59 Å². The van der Waals surface area contributed by atoms with Crippen molar-refractivity contribution in [3.05, 3.63) is 24.3 Å². The third kappa shape index (κ3) is 4.37. The number of hydrogen-bond donors (Lipinski definition) is 2. The van der Waals surface area contributed by atoms with E-state index in [2.05, 4.69) is 10.6 Å². The van der Waals surface area contributed by atoms with E-state index in [-0.39, 0.29) is 11.8 Å². The quantitative estimate of drug-likeness (QED) is 0.773. The van der Waals surface area contributed by atoms with E-state index in [4.69, 9.17) is 4.74 Å². The van der Waals surface area contributed by atoms with Crippen molar-refractivity contribution in [2.24, 2.45) is 5.92 Å². The van der Waals surface area contributed by atoms with Gasteiger partial charge < -0.3 is 20.3 Å². The lowest BCUT2D eigenvalue weighted by molar-refractivity contribution is -0.136. The summed E-state index contributed by atoms with van der Waals surface area (Å²) in [4.78, 5) is 27.5. The Labute approximate surface area is 160 Å². The molecule has 6 nitrogen and oxygen atoms in total. The van der Waals surface area contributed by atoms with E-state index in [1.807, 2.05) is 29.2 Å². The van der Waals surface area contributed by atoms with Gasteiger partial charge in [0.25, 0.3) is 0 Å². The normalized spacial score (nSPS) is 21.4. The lowest BCUT2D eigenvalue weighted by Gasteiger charge is -2.42. The highest BCUT2D eigenvalue weighted by Gasteiger charge is 2.44. The Balaban J connectivity index is 1.46. The molecule has 6 heteroatoms. The summed E-state index contributed by atoms with van der Waals surface area (Å²) < 4.78 is 5.31. The summed E-state index contributed by atoms with van der Waals surface area (Å²) in [7, 11) is 1.64. The van der Waals surface area contributed by atoms with Gasteiger partial charge in [-0.2, -0.15) is 0 Å². The van der Waals surface area contributed by atoms with Crippen molar-refractivity contribution in [3.63, 3.8) is 0 Å².